The summed E-state index contributed by atoms with van der Waals surface area (Å²) < 4.78 is 2.41. The van der Waals surface area contributed by atoms with Gasteiger partial charge < -0.3 is 5.32 Å². The Hall–Kier alpha value is -0.580. The largest absolute Gasteiger partial charge is 0.316 e. The summed E-state index contributed by atoms with van der Waals surface area (Å²) >= 11 is 3.46. The molecule has 14 heavy (non-hydrogen) atoms. The van der Waals surface area contributed by atoms with Crippen molar-refractivity contribution in [3.63, 3.8) is 0 Å². The van der Waals surface area contributed by atoms with Crippen LogP contribution in [0.25, 0.3) is 10.2 Å². The van der Waals surface area contributed by atoms with Gasteiger partial charge in [0.25, 0.3) is 0 Å². The zero-order valence-electron chi connectivity index (χ0n) is 8.20. The van der Waals surface area contributed by atoms with Crippen molar-refractivity contribution in [1.82, 2.24) is 10.3 Å². The van der Waals surface area contributed by atoms with Crippen molar-refractivity contribution in [2.24, 2.45) is 0 Å². The van der Waals surface area contributed by atoms with Gasteiger partial charge in [-0.2, -0.15) is 0 Å². The molecule has 1 aromatic heterocycles. The molecule has 0 aliphatic rings. The summed E-state index contributed by atoms with van der Waals surface area (Å²) in [5.41, 5.74) is 2.41. The van der Waals surface area contributed by atoms with Crippen molar-refractivity contribution in [1.29, 1.82) is 0 Å². The number of thioether (sulfide) groups is 1. The van der Waals surface area contributed by atoms with Crippen LogP contribution in [-0.2, 0) is 6.54 Å². The number of benzene rings is 1. The van der Waals surface area contributed by atoms with Crippen LogP contribution in [0, 0.1) is 0 Å². The normalized spacial score (nSPS) is 11.0. The van der Waals surface area contributed by atoms with Crippen LogP contribution in [0.15, 0.2) is 22.5 Å². The fourth-order valence-electron chi connectivity index (χ4n) is 1.35. The van der Waals surface area contributed by atoms with E-state index in [1.165, 1.54) is 10.3 Å². The van der Waals surface area contributed by atoms with E-state index in [4.69, 9.17) is 0 Å². The number of aromatic nitrogens is 1. The average Bonchev–Trinajstić information content (AvgIpc) is 2.60. The minimum Gasteiger partial charge on any atom is -0.316 e. The number of rotatable bonds is 3. The molecular weight excluding hydrogens is 212 g/mol. The predicted molar refractivity (Wildman–Crippen MR) is 64.2 cm³/mol. The van der Waals surface area contributed by atoms with Crippen LogP contribution < -0.4 is 5.32 Å². The fraction of sp³-hybridized carbons (Fsp3) is 0.300. The van der Waals surface area contributed by atoms with E-state index in [1.54, 1.807) is 23.1 Å². The van der Waals surface area contributed by atoms with Crippen LogP contribution in [-0.4, -0.2) is 18.3 Å². The molecule has 0 fully saturated rings. The van der Waals surface area contributed by atoms with E-state index in [2.05, 4.69) is 34.8 Å². The summed E-state index contributed by atoms with van der Waals surface area (Å²) in [6.45, 7) is 0.905. The van der Waals surface area contributed by atoms with Crippen molar-refractivity contribution in [2.75, 3.05) is 13.3 Å². The minimum absolute atomic E-state index is 0.905. The SMILES string of the molecule is CNCc1ccc2sc(SC)nc2c1. The fourth-order valence-corrected chi connectivity index (χ4v) is 2.82. The number of nitrogens with zero attached hydrogens (tertiary/aromatic N) is 1. The van der Waals surface area contributed by atoms with Gasteiger partial charge >= 0.3 is 0 Å². The Morgan fingerprint density at radius 1 is 1.50 bits per heavy atom. The van der Waals surface area contributed by atoms with Gasteiger partial charge in [-0.05, 0) is 31.0 Å². The molecule has 0 saturated carbocycles. The van der Waals surface area contributed by atoms with E-state index in [9.17, 15) is 0 Å². The Kier molecular flexibility index (Phi) is 3.05. The Morgan fingerprint density at radius 3 is 3.07 bits per heavy atom. The van der Waals surface area contributed by atoms with Gasteiger partial charge in [0.15, 0.2) is 4.34 Å². The third kappa shape index (κ3) is 1.92. The molecule has 0 unspecified atom stereocenters. The maximum absolute atomic E-state index is 4.53. The van der Waals surface area contributed by atoms with Crippen LogP contribution in [0.1, 0.15) is 5.56 Å². The number of thiazole rings is 1. The molecular formula is C10H12N2S2. The van der Waals surface area contributed by atoms with Crippen molar-refractivity contribution >= 4 is 33.3 Å². The predicted octanol–water partition coefficient (Wildman–Crippen LogP) is 2.74. The smallest absolute Gasteiger partial charge is 0.150 e. The second kappa shape index (κ2) is 4.29. The molecule has 1 heterocycles. The van der Waals surface area contributed by atoms with E-state index < -0.39 is 0 Å². The van der Waals surface area contributed by atoms with Crippen LogP contribution in [0.5, 0.6) is 0 Å². The zero-order valence-corrected chi connectivity index (χ0v) is 9.84. The van der Waals surface area contributed by atoms with Gasteiger partial charge in [0.2, 0.25) is 0 Å². The second-order valence-electron chi connectivity index (χ2n) is 3.02. The first kappa shape index (κ1) is 9.96. The lowest BCUT2D eigenvalue weighted by molar-refractivity contribution is 0.819. The van der Waals surface area contributed by atoms with Gasteiger partial charge in [-0.15, -0.1) is 11.3 Å². The molecule has 2 aromatic rings. The zero-order chi connectivity index (χ0) is 9.97. The monoisotopic (exact) mass is 224 g/mol. The first-order valence-corrected chi connectivity index (χ1v) is 6.45. The lowest BCUT2D eigenvalue weighted by Crippen LogP contribution is -2.04. The summed E-state index contributed by atoms with van der Waals surface area (Å²) in [6.07, 6.45) is 2.06. The molecule has 0 saturated heterocycles. The van der Waals surface area contributed by atoms with E-state index in [0.717, 1.165) is 16.4 Å². The molecule has 2 nitrogen and oxygen atoms in total. The quantitative estimate of drug-likeness (QED) is 0.811. The van der Waals surface area contributed by atoms with Crippen LogP contribution in [0.3, 0.4) is 0 Å². The van der Waals surface area contributed by atoms with Crippen molar-refractivity contribution in [3.05, 3.63) is 23.8 Å². The molecule has 74 valence electrons. The first-order chi connectivity index (χ1) is 6.83. The second-order valence-corrected chi connectivity index (χ2v) is 5.10. The third-order valence-corrected chi connectivity index (χ3v) is 4.01. The molecule has 0 atom stereocenters. The Labute approximate surface area is 91.7 Å². The van der Waals surface area contributed by atoms with Gasteiger partial charge in [-0.25, -0.2) is 4.98 Å². The average molecular weight is 224 g/mol. The lowest BCUT2D eigenvalue weighted by Gasteiger charge is -1.97. The standard InChI is InChI=1S/C10H12N2S2/c1-11-6-7-3-4-9-8(5-7)12-10(13-2)14-9/h3-5,11H,6H2,1-2H3. The molecule has 1 N–H and O–H groups in total. The van der Waals surface area contributed by atoms with Gasteiger partial charge in [-0.3, -0.25) is 0 Å². The molecule has 0 amide bonds. The van der Waals surface area contributed by atoms with Crippen LogP contribution in [0.4, 0.5) is 0 Å². The number of nitrogens with one attached hydrogen (secondary N) is 1. The number of hydrogen-bond acceptors (Lipinski definition) is 4. The molecule has 0 aliphatic carbocycles. The van der Waals surface area contributed by atoms with Crippen LogP contribution in [0.2, 0.25) is 0 Å². The van der Waals surface area contributed by atoms with E-state index >= 15 is 0 Å². The van der Waals surface area contributed by atoms with Crippen molar-refractivity contribution in [2.45, 2.75) is 10.9 Å². The molecule has 0 aliphatic heterocycles. The van der Waals surface area contributed by atoms with Gasteiger partial charge in [0.05, 0.1) is 10.2 Å². The third-order valence-electron chi connectivity index (χ3n) is 1.99. The number of fused-ring (bicyclic) bond motifs is 1. The Bertz CT molecular complexity index is 437. The maximum atomic E-state index is 4.53. The molecule has 4 heteroatoms. The molecule has 0 radical (unpaired) electrons. The lowest BCUT2D eigenvalue weighted by atomic mass is 10.2. The highest BCUT2D eigenvalue weighted by Gasteiger charge is 2.02. The highest BCUT2D eigenvalue weighted by Crippen LogP contribution is 2.28. The molecule has 2 rings (SSSR count). The van der Waals surface area contributed by atoms with E-state index in [1.807, 2.05) is 7.05 Å². The summed E-state index contributed by atoms with van der Waals surface area (Å²) in [7, 11) is 1.96. The molecule has 0 spiro atoms. The highest BCUT2D eigenvalue weighted by atomic mass is 32.2. The molecule has 0 bridgehead atoms. The van der Waals surface area contributed by atoms with Crippen molar-refractivity contribution in [3.8, 4) is 0 Å². The highest BCUT2D eigenvalue weighted by molar-refractivity contribution is 8.00. The summed E-state index contributed by atoms with van der Waals surface area (Å²) in [5, 5.41) is 3.14. The van der Waals surface area contributed by atoms with Crippen molar-refractivity contribution < 1.29 is 0 Å². The Morgan fingerprint density at radius 2 is 2.36 bits per heavy atom. The minimum atomic E-state index is 0.905. The number of hydrogen-bond donors (Lipinski definition) is 1. The first-order valence-electron chi connectivity index (χ1n) is 4.41. The maximum Gasteiger partial charge on any atom is 0.150 e. The van der Waals surface area contributed by atoms with Crippen LogP contribution >= 0.6 is 23.1 Å². The Balaban J connectivity index is 2.43. The van der Waals surface area contributed by atoms with E-state index in [0.29, 0.717) is 0 Å². The summed E-state index contributed by atoms with van der Waals surface area (Å²) in [4.78, 5) is 4.53. The van der Waals surface area contributed by atoms with E-state index in [-0.39, 0.29) is 0 Å². The summed E-state index contributed by atoms with van der Waals surface area (Å²) in [6, 6.07) is 6.46. The van der Waals surface area contributed by atoms with Gasteiger partial charge in [0, 0.05) is 6.54 Å². The molecule has 1 aromatic carbocycles. The topological polar surface area (TPSA) is 24.9 Å². The summed E-state index contributed by atoms with van der Waals surface area (Å²) in [5.74, 6) is 0. The van der Waals surface area contributed by atoms with Gasteiger partial charge in [-0.1, -0.05) is 17.8 Å². The van der Waals surface area contributed by atoms with Gasteiger partial charge in [0.1, 0.15) is 0 Å².